The lowest BCUT2D eigenvalue weighted by Crippen LogP contribution is -2.27. The molecule has 0 saturated heterocycles. The molecule has 0 fully saturated rings. The predicted molar refractivity (Wildman–Crippen MR) is 91.1 cm³/mol. The molecule has 0 saturated carbocycles. The van der Waals surface area contributed by atoms with Crippen molar-refractivity contribution < 1.29 is 4.42 Å². The van der Waals surface area contributed by atoms with Gasteiger partial charge in [0.15, 0.2) is 0 Å². The van der Waals surface area contributed by atoms with Crippen molar-refractivity contribution in [2.75, 3.05) is 6.54 Å². The fourth-order valence-electron chi connectivity index (χ4n) is 2.28. The molecule has 1 aromatic carbocycles. The summed E-state index contributed by atoms with van der Waals surface area (Å²) in [7, 11) is 0. The predicted octanol–water partition coefficient (Wildman–Crippen LogP) is 5.32. The van der Waals surface area contributed by atoms with E-state index in [0.29, 0.717) is 6.04 Å². The minimum Gasteiger partial charge on any atom is -0.461 e. The van der Waals surface area contributed by atoms with Crippen LogP contribution >= 0.6 is 31.9 Å². The number of aryl methyl sites for hydroxylation is 1. The minimum absolute atomic E-state index is 0.420. The molecule has 1 atom stereocenters. The van der Waals surface area contributed by atoms with Gasteiger partial charge in [0.25, 0.3) is 0 Å². The molecule has 0 aliphatic carbocycles. The highest BCUT2D eigenvalue weighted by atomic mass is 79.9. The van der Waals surface area contributed by atoms with E-state index in [-0.39, 0.29) is 0 Å². The summed E-state index contributed by atoms with van der Waals surface area (Å²) in [4.78, 5) is 0. The highest BCUT2D eigenvalue weighted by Gasteiger charge is 2.14. The molecule has 20 heavy (non-hydrogen) atoms. The normalized spacial score (nSPS) is 12.7. The molecule has 2 aromatic rings. The zero-order chi connectivity index (χ0) is 14.7. The molecule has 2 nitrogen and oxygen atoms in total. The van der Waals surface area contributed by atoms with Gasteiger partial charge in [0, 0.05) is 27.0 Å². The first-order valence-electron chi connectivity index (χ1n) is 6.79. The van der Waals surface area contributed by atoms with Gasteiger partial charge >= 0.3 is 0 Å². The lowest BCUT2D eigenvalue weighted by molar-refractivity contribution is 0.470. The van der Waals surface area contributed by atoms with E-state index in [2.05, 4.69) is 76.1 Å². The molecule has 0 spiro atoms. The van der Waals surface area contributed by atoms with Crippen molar-refractivity contribution in [2.24, 2.45) is 0 Å². The number of benzene rings is 1. The van der Waals surface area contributed by atoms with Gasteiger partial charge in [-0.1, -0.05) is 6.92 Å². The molecule has 0 aliphatic heterocycles. The number of halogens is 2. The zero-order valence-corrected chi connectivity index (χ0v) is 15.1. The smallest absolute Gasteiger partial charge is 0.136 e. The highest BCUT2D eigenvalue weighted by molar-refractivity contribution is 9.11. The molecule has 2 rings (SSSR count). The van der Waals surface area contributed by atoms with Gasteiger partial charge in [0.2, 0.25) is 0 Å². The van der Waals surface area contributed by atoms with Crippen molar-refractivity contribution in [1.29, 1.82) is 0 Å². The van der Waals surface area contributed by atoms with Crippen LogP contribution in [0.25, 0.3) is 11.3 Å². The van der Waals surface area contributed by atoms with Crippen molar-refractivity contribution in [3.8, 4) is 11.3 Å². The van der Waals surface area contributed by atoms with Crippen LogP contribution in [0.2, 0.25) is 0 Å². The first-order chi connectivity index (χ1) is 9.51. The maximum Gasteiger partial charge on any atom is 0.136 e. The number of furan rings is 1. The van der Waals surface area contributed by atoms with Gasteiger partial charge in [0.1, 0.15) is 11.5 Å². The Morgan fingerprint density at radius 2 is 1.85 bits per heavy atom. The first-order valence-corrected chi connectivity index (χ1v) is 8.38. The standard InChI is InChI=1S/C16H19Br2NO/c1-4-19-11(3)9-12-5-6-15(20-12)16-13(17)7-10(2)8-14(16)18/h5-8,11,19H,4,9H2,1-3H3. The fraction of sp³-hybridized carbons (Fsp3) is 0.375. The van der Waals surface area contributed by atoms with Gasteiger partial charge in [-0.05, 0) is 82.1 Å². The van der Waals surface area contributed by atoms with Gasteiger partial charge < -0.3 is 9.73 Å². The van der Waals surface area contributed by atoms with E-state index in [1.165, 1.54) is 5.56 Å². The highest BCUT2D eigenvalue weighted by Crippen LogP contribution is 2.37. The second-order valence-electron chi connectivity index (χ2n) is 5.03. The van der Waals surface area contributed by atoms with E-state index in [1.807, 2.05) is 6.07 Å². The molecule has 1 N–H and O–H groups in total. The Morgan fingerprint density at radius 1 is 1.20 bits per heavy atom. The van der Waals surface area contributed by atoms with Crippen LogP contribution in [0, 0.1) is 6.92 Å². The van der Waals surface area contributed by atoms with Crippen LogP contribution < -0.4 is 5.32 Å². The SMILES string of the molecule is CCNC(C)Cc1ccc(-c2c(Br)cc(C)cc2Br)o1. The molecule has 0 amide bonds. The molecular formula is C16H19Br2NO. The lowest BCUT2D eigenvalue weighted by atomic mass is 10.1. The largest absolute Gasteiger partial charge is 0.461 e. The van der Waals surface area contributed by atoms with Crippen LogP contribution in [-0.4, -0.2) is 12.6 Å². The van der Waals surface area contributed by atoms with E-state index in [1.54, 1.807) is 0 Å². The monoisotopic (exact) mass is 399 g/mol. The van der Waals surface area contributed by atoms with Gasteiger partial charge in [0.05, 0.1) is 0 Å². The Labute approximate surface area is 137 Å². The van der Waals surface area contributed by atoms with Crippen LogP contribution in [0.4, 0.5) is 0 Å². The molecule has 1 heterocycles. The third-order valence-corrected chi connectivity index (χ3v) is 4.41. The number of rotatable bonds is 5. The fourth-order valence-corrected chi connectivity index (χ4v) is 4.09. The third kappa shape index (κ3) is 3.74. The molecule has 4 heteroatoms. The summed E-state index contributed by atoms with van der Waals surface area (Å²) in [6.07, 6.45) is 0.898. The van der Waals surface area contributed by atoms with E-state index >= 15 is 0 Å². The van der Waals surface area contributed by atoms with Gasteiger partial charge in [-0.3, -0.25) is 0 Å². The van der Waals surface area contributed by atoms with Crippen molar-refractivity contribution in [3.05, 3.63) is 44.5 Å². The molecule has 0 radical (unpaired) electrons. The molecule has 1 aromatic heterocycles. The van der Waals surface area contributed by atoms with Crippen LogP contribution in [0.15, 0.2) is 37.6 Å². The van der Waals surface area contributed by atoms with Crippen molar-refractivity contribution >= 4 is 31.9 Å². The van der Waals surface area contributed by atoms with E-state index in [0.717, 1.165) is 39.0 Å². The Hall–Kier alpha value is -0.580. The number of hydrogen-bond donors (Lipinski definition) is 1. The summed E-state index contributed by atoms with van der Waals surface area (Å²) in [6, 6.07) is 8.72. The Morgan fingerprint density at radius 3 is 2.45 bits per heavy atom. The van der Waals surface area contributed by atoms with Crippen LogP contribution in [0.1, 0.15) is 25.2 Å². The summed E-state index contributed by atoms with van der Waals surface area (Å²) in [5.74, 6) is 1.90. The van der Waals surface area contributed by atoms with Crippen LogP contribution in [-0.2, 0) is 6.42 Å². The minimum atomic E-state index is 0.420. The van der Waals surface area contributed by atoms with E-state index in [4.69, 9.17) is 4.42 Å². The Balaban J connectivity index is 2.25. The second-order valence-corrected chi connectivity index (χ2v) is 6.74. The van der Waals surface area contributed by atoms with Crippen molar-refractivity contribution in [3.63, 3.8) is 0 Å². The van der Waals surface area contributed by atoms with E-state index in [9.17, 15) is 0 Å². The topological polar surface area (TPSA) is 25.2 Å². The second kappa shape index (κ2) is 6.92. The first kappa shape index (κ1) is 15.8. The summed E-state index contributed by atoms with van der Waals surface area (Å²) < 4.78 is 8.08. The van der Waals surface area contributed by atoms with Crippen LogP contribution in [0.3, 0.4) is 0 Å². The molecule has 108 valence electrons. The van der Waals surface area contributed by atoms with E-state index < -0.39 is 0 Å². The van der Waals surface area contributed by atoms with Gasteiger partial charge in [-0.25, -0.2) is 0 Å². The number of hydrogen-bond acceptors (Lipinski definition) is 2. The average molecular weight is 401 g/mol. The summed E-state index contributed by atoms with van der Waals surface area (Å²) in [5, 5.41) is 3.39. The lowest BCUT2D eigenvalue weighted by Gasteiger charge is -2.10. The van der Waals surface area contributed by atoms with Gasteiger partial charge in [-0.2, -0.15) is 0 Å². The third-order valence-electron chi connectivity index (χ3n) is 3.15. The molecule has 1 unspecified atom stereocenters. The summed E-state index contributed by atoms with van der Waals surface area (Å²) >= 11 is 7.23. The van der Waals surface area contributed by atoms with Crippen molar-refractivity contribution in [1.82, 2.24) is 5.32 Å². The molecule has 0 aliphatic rings. The molecular weight excluding hydrogens is 382 g/mol. The Kier molecular flexibility index (Phi) is 5.47. The van der Waals surface area contributed by atoms with Crippen LogP contribution in [0.5, 0.6) is 0 Å². The van der Waals surface area contributed by atoms with Gasteiger partial charge in [-0.15, -0.1) is 0 Å². The summed E-state index contributed by atoms with van der Waals surface area (Å²) in [6.45, 7) is 7.34. The zero-order valence-electron chi connectivity index (χ0n) is 12.0. The summed E-state index contributed by atoms with van der Waals surface area (Å²) in [5.41, 5.74) is 2.28. The maximum atomic E-state index is 5.99. The molecule has 0 bridgehead atoms. The number of likely N-dealkylation sites (N-methyl/N-ethyl adjacent to an activating group) is 1. The number of nitrogens with one attached hydrogen (secondary N) is 1. The Bertz CT molecular complexity index is 569. The maximum absolute atomic E-state index is 5.99. The average Bonchev–Trinajstić information content (AvgIpc) is 2.76. The van der Waals surface area contributed by atoms with Crippen molar-refractivity contribution in [2.45, 2.75) is 33.2 Å². The quantitative estimate of drug-likeness (QED) is 0.734.